The number of pyridine rings is 1. The maximum absolute atomic E-state index is 12.4. The highest BCUT2D eigenvalue weighted by Gasteiger charge is 2.21. The molecule has 2 aromatic rings. The Labute approximate surface area is 117 Å². The number of aromatic nitrogens is 1. The number of fused-ring (bicyclic) bond motifs is 1. The second-order valence-electron chi connectivity index (χ2n) is 5.02. The Kier molecular flexibility index (Phi) is 3.48. The Morgan fingerprint density at radius 1 is 1.30 bits per heavy atom. The minimum atomic E-state index is -0.100. The summed E-state index contributed by atoms with van der Waals surface area (Å²) in [5.41, 5.74) is 1.45. The van der Waals surface area contributed by atoms with Gasteiger partial charge in [0, 0.05) is 30.1 Å². The Hall–Kier alpha value is -2.20. The van der Waals surface area contributed by atoms with Gasteiger partial charge in [-0.15, -0.1) is 0 Å². The lowest BCUT2D eigenvalue weighted by atomic mass is 10.1. The summed E-state index contributed by atoms with van der Waals surface area (Å²) in [5, 5.41) is 12.9. The smallest absolute Gasteiger partial charge is 0.252 e. The third kappa shape index (κ3) is 2.42. The molecule has 0 unspecified atom stereocenters. The van der Waals surface area contributed by atoms with Crippen molar-refractivity contribution < 1.29 is 9.90 Å². The van der Waals surface area contributed by atoms with E-state index in [4.69, 9.17) is 5.11 Å². The predicted molar refractivity (Wildman–Crippen MR) is 77.3 cm³/mol. The van der Waals surface area contributed by atoms with Crippen LogP contribution in [-0.4, -0.2) is 28.6 Å². The van der Waals surface area contributed by atoms with Gasteiger partial charge in [0.25, 0.3) is 5.91 Å². The van der Waals surface area contributed by atoms with Crippen LogP contribution in [0.2, 0.25) is 0 Å². The van der Waals surface area contributed by atoms with Crippen LogP contribution in [0.1, 0.15) is 16.8 Å². The van der Waals surface area contributed by atoms with Crippen molar-refractivity contribution in [2.75, 3.05) is 6.61 Å². The number of aliphatic hydroxyl groups is 1. The SMILES string of the molecule is O=C(N[C@@H]1C=C[C@H](CO)C1)c1ccnc2ccccc12. The summed E-state index contributed by atoms with van der Waals surface area (Å²) < 4.78 is 0. The largest absolute Gasteiger partial charge is 0.396 e. The topological polar surface area (TPSA) is 62.2 Å². The van der Waals surface area contributed by atoms with Gasteiger partial charge in [-0.2, -0.15) is 0 Å². The molecule has 0 saturated heterocycles. The molecule has 1 amide bonds. The summed E-state index contributed by atoms with van der Waals surface area (Å²) in [6.45, 7) is 0.126. The zero-order chi connectivity index (χ0) is 13.9. The summed E-state index contributed by atoms with van der Waals surface area (Å²) in [5.74, 6) is 0.0475. The van der Waals surface area contributed by atoms with Crippen LogP contribution in [0.3, 0.4) is 0 Å². The number of carbonyl (C=O) groups excluding carboxylic acids is 1. The Morgan fingerprint density at radius 3 is 2.95 bits per heavy atom. The van der Waals surface area contributed by atoms with Crippen molar-refractivity contribution >= 4 is 16.8 Å². The van der Waals surface area contributed by atoms with Crippen LogP contribution in [0.5, 0.6) is 0 Å². The quantitative estimate of drug-likeness (QED) is 0.836. The Bertz CT molecular complexity index is 661. The highest BCUT2D eigenvalue weighted by Crippen LogP contribution is 2.19. The average molecular weight is 268 g/mol. The van der Waals surface area contributed by atoms with Crippen molar-refractivity contribution in [3.8, 4) is 0 Å². The van der Waals surface area contributed by atoms with Gasteiger partial charge in [0.05, 0.1) is 11.1 Å². The molecule has 102 valence electrons. The maximum atomic E-state index is 12.4. The molecule has 0 saturated carbocycles. The minimum Gasteiger partial charge on any atom is -0.396 e. The fraction of sp³-hybridized carbons (Fsp3) is 0.250. The minimum absolute atomic E-state index is 0.00780. The number of amides is 1. The van der Waals surface area contributed by atoms with E-state index in [0.717, 1.165) is 17.3 Å². The van der Waals surface area contributed by atoms with Crippen molar-refractivity contribution in [2.45, 2.75) is 12.5 Å². The van der Waals surface area contributed by atoms with E-state index in [1.54, 1.807) is 12.3 Å². The van der Waals surface area contributed by atoms with E-state index in [1.165, 1.54) is 0 Å². The normalized spacial score (nSPS) is 21.2. The fourth-order valence-electron chi connectivity index (χ4n) is 2.56. The second kappa shape index (κ2) is 5.43. The van der Waals surface area contributed by atoms with Crippen LogP contribution in [0.4, 0.5) is 0 Å². The second-order valence-corrected chi connectivity index (χ2v) is 5.02. The lowest BCUT2D eigenvalue weighted by Crippen LogP contribution is -2.33. The first-order valence-electron chi connectivity index (χ1n) is 6.71. The predicted octanol–water partition coefficient (Wildman–Crippen LogP) is 1.90. The monoisotopic (exact) mass is 268 g/mol. The third-order valence-electron chi connectivity index (χ3n) is 3.62. The number of hydrogen-bond acceptors (Lipinski definition) is 3. The molecule has 2 N–H and O–H groups in total. The number of nitrogens with zero attached hydrogens (tertiary/aromatic N) is 1. The molecule has 1 aromatic heterocycles. The zero-order valence-corrected chi connectivity index (χ0v) is 11.0. The van der Waals surface area contributed by atoms with Gasteiger partial charge in [0.1, 0.15) is 0 Å². The first kappa shape index (κ1) is 12.8. The molecule has 0 fully saturated rings. The molecule has 1 heterocycles. The van der Waals surface area contributed by atoms with E-state index in [0.29, 0.717) is 5.56 Å². The van der Waals surface area contributed by atoms with Crippen LogP contribution in [0.15, 0.2) is 48.7 Å². The van der Waals surface area contributed by atoms with Gasteiger partial charge in [0.15, 0.2) is 0 Å². The number of benzene rings is 1. The van der Waals surface area contributed by atoms with E-state index in [2.05, 4.69) is 10.3 Å². The molecule has 4 heteroatoms. The molecule has 2 atom stereocenters. The number of nitrogens with one attached hydrogen (secondary N) is 1. The van der Waals surface area contributed by atoms with Gasteiger partial charge < -0.3 is 10.4 Å². The number of hydrogen-bond donors (Lipinski definition) is 2. The molecule has 0 radical (unpaired) electrons. The van der Waals surface area contributed by atoms with Crippen molar-refractivity contribution in [2.24, 2.45) is 5.92 Å². The number of para-hydroxylation sites is 1. The molecule has 1 aliphatic rings. The third-order valence-corrected chi connectivity index (χ3v) is 3.62. The van der Waals surface area contributed by atoms with Crippen LogP contribution in [-0.2, 0) is 0 Å². The van der Waals surface area contributed by atoms with E-state index in [9.17, 15) is 4.79 Å². The van der Waals surface area contributed by atoms with Gasteiger partial charge in [-0.25, -0.2) is 0 Å². The van der Waals surface area contributed by atoms with E-state index < -0.39 is 0 Å². The van der Waals surface area contributed by atoms with E-state index in [-0.39, 0.29) is 24.5 Å². The molecule has 3 rings (SSSR count). The molecule has 4 nitrogen and oxygen atoms in total. The van der Waals surface area contributed by atoms with Crippen LogP contribution in [0.25, 0.3) is 10.9 Å². The summed E-state index contributed by atoms with van der Waals surface area (Å²) >= 11 is 0. The number of carbonyl (C=O) groups is 1. The van der Waals surface area contributed by atoms with Crippen molar-refractivity contribution in [3.63, 3.8) is 0 Å². The maximum Gasteiger partial charge on any atom is 0.252 e. The lowest BCUT2D eigenvalue weighted by Gasteiger charge is -2.13. The fourth-order valence-corrected chi connectivity index (χ4v) is 2.56. The highest BCUT2D eigenvalue weighted by molar-refractivity contribution is 6.06. The zero-order valence-electron chi connectivity index (χ0n) is 11.0. The number of rotatable bonds is 3. The first-order chi connectivity index (χ1) is 9.78. The summed E-state index contributed by atoms with van der Waals surface area (Å²) in [7, 11) is 0. The molecule has 0 spiro atoms. The number of aliphatic hydroxyl groups excluding tert-OH is 1. The molecule has 20 heavy (non-hydrogen) atoms. The molecule has 0 bridgehead atoms. The van der Waals surface area contributed by atoms with Crippen molar-refractivity contribution in [3.05, 3.63) is 54.2 Å². The van der Waals surface area contributed by atoms with Crippen LogP contribution in [0, 0.1) is 5.92 Å². The summed E-state index contributed by atoms with van der Waals surface area (Å²) in [6.07, 6.45) is 6.31. The molecular weight excluding hydrogens is 252 g/mol. The van der Waals surface area contributed by atoms with Crippen LogP contribution >= 0.6 is 0 Å². The summed E-state index contributed by atoms with van der Waals surface area (Å²) in [6, 6.07) is 9.33. The Balaban J connectivity index is 1.81. The molecule has 0 aliphatic heterocycles. The molecule has 1 aliphatic carbocycles. The van der Waals surface area contributed by atoms with E-state index in [1.807, 2.05) is 36.4 Å². The lowest BCUT2D eigenvalue weighted by molar-refractivity contribution is 0.0942. The van der Waals surface area contributed by atoms with Crippen molar-refractivity contribution in [1.82, 2.24) is 10.3 Å². The molecular formula is C16H16N2O2. The summed E-state index contributed by atoms with van der Waals surface area (Å²) in [4.78, 5) is 16.6. The van der Waals surface area contributed by atoms with Gasteiger partial charge >= 0.3 is 0 Å². The average Bonchev–Trinajstić information content (AvgIpc) is 2.94. The van der Waals surface area contributed by atoms with Gasteiger partial charge in [-0.3, -0.25) is 9.78 Å². The van der Waals surface area contributed by atoms with Gasteiger partial charge in [-0.05, 0) is 18.6 Å². The Morgan fingerprint density at radius 2 is 2.15 bits per heavy atom. The molecule has 1 aromatic carbocycles. The van der Waals surface area contributed by atoms with Crippen molar-refractivity contribution in [1.29, 1.82) is 0 Å². The van der Waals surface area contributed by atoms with E-state index >= 15 is 0 Å². The van der Waals surface area contributed by atoms with Gasteiger partial charge in [0.2, 0.25) is 0 Å². The van der Waals surface area contributed by atoms with Gasteiger partial charge in [-0.1, -0.05) is 30.4 Å². The van der Waals surface area contributed by atoms with Crippen LogP contribution < -0.4 is 5.32 Å². The standard InChI is InChI=1S/C16H16N2O2/c19-10-11-5-6-12(9-11)18-16(20)14-7-8-17-15-4-2-1-3-13(14)15/h1-8,11-12,19H,9-10H2,(H,18,20)/t11-,12+/m0/s1. The first-order valence-corrected chi connectivity index (χ1v) is 6.71. The highest BCUT2D eigenvalue weighted by atomic mass is 16.3.